The maximum absolute atomic E-state index is 11.3. The Balaban J connectivity index is 3.13. The van der Waals surface area contributed by atoms with E-state index in [0.29, 0.717) is 12.8 Å². The van der Waals surface area contributed by atoms with Crippen LogP contribution in [0.3, 0.4) is 0 Å². The first-order valence-corrected chi connectivity index (χ1v) is 7.93. The van der Waals surface area contributed by atoms with Crippen molar-refractivity contribution in [3.05, 3.63) is 0 Å². The van der Waals surface area contributed by atoms with Crippen LogP contribution in [0.25, 0.3) is 0 Å². The predicted octanol–water partition coefficient (Wildman–Crippen LogP) is 4.31. The summed E-state index contributed by atoms with van der Waals surface area (Å²) in [7, 11) is 0. The molecule has 0 saturated heterocycles. The van der Waals surface area contributed by atoms with E-state index in [1.807, 2.05) is 13.8 Å². The summed E-state index contributed by atoms with van der Waals surface area (Å²) in [4.78, 5) is 21.6. The zero-order chi connectivity index (χ0) is 15.2. The van der Waals surface area contributed by atoms with Crippen LogP contribution in [-0.2, 0) is 14.3 Å². The number of esters is 1. The van der Waals surface area contributed by atoms with Crippen molar-refractivity contribution in [2.75, 3.05) is 0 Å². The molecule has 4 nitrogen and oxygen atoms in total. The minimum atomic E-state index is -0.694. The molecule has 118 valence electrons. The average Bonchev–Trinajstić information content (AvgIpc) is 2.34. The number of hydrogen-bond donors (Lipinski definition) is 1. The van der Waals surface area contributed by atoms with Crippen LogP contribution < -0.4 is 0 Å². The lowest BCUT2D eigenvalue weighted by Gasteiger charge is -2.07. The van der Waals surface area contributed by atoms with E-state index in [1.165, 1.54) is 25.7 Å². The highest BCUT2D eigenvalue weighted by Crippen LogP contribution is 2.11. The zero-order valence-electron chi connectivity index (χ0n) is 13.0. The van der Waals surface area contributed by atoms with Crippen molar-refractivity contribution in [1.29, 1.82) is 0 Å². The van der Waals surface area contributed by atoms with Gasteiger partial charge in [-0.1, -0.05) is 44.9 Å². The Morgan fingerprint density at radius 3 is 1.60 bits per heavy atom. The van der Waals surface area contributed by atoms with Gasteiger partial charge >= 0.3 is 11.9 Å². The van der Waals surface area contributed by atoms with Crippen LogP contribution in [0.5, 0.6) is 0 Å². The molecule has 0 atom stereocenters. The molecular formula is C16H30O4. The molecule has 0 bridgehead atoms. The van der Waals surface area contributed by atoms with Crippen LogP contribution in [0.4, 0.5) is 0 Å². The van der Waals surface area contributed by atoms with Crippen LogP contribution >= 0.6 is 0 Å². The monoisotopic (exact) mass is 286 g/mol. The lowest BCUT2D eigenvalue weighted by molar-refractivity contribution is -0.147. The number of unbranched alkanes of at least 4 members (excludes halogenated alkanes) is 8. The first kappa shape index (κ1) is 18.9. The Hall–Kier alpha value is -1.06. The number of carboxylic acid groups (broad SMARTS) is 1. The highest BCUT2D eigenvalue weighted by Gasteiger charge is 2.04. The van der Waals surface area contributed by atoms with Crippen molar-refractivity contribution in [2.24, 2.45) is 0 Å². The summed E-state index contributed by atoms with van der Waals surface area (Å²) in [5, 5.41) is 8.49. The summed E-state index contributed by atoms with van der Waals surface area (Å²) >= 11 is 0. The standard InChI is InChI=1S/C16H30O4/c1-14(2)20-16(19)13-11-9-7-5-3-4-6-8-10-12-15(17)18/h14H,3-13H2,1-2H3,(H,17,18). The van der Waals surface area contributed by atoms with Crippen LogP contribution in [-0.4, -0.2) is 23.1 Å². The van der Waals surface area contributed by atoms with Crippen molar-refractivity contribution >= 4 is 11.9 Å². The third-order valence-corrected chi connectivity index (χ3v) is 3.14. The molecule has 0 aliphatic rings. The van der Waals surface area contributed by atoms with Crippen LogP contribution in [0.2, 0.25) is 0 Å². The summed E-state index contributed by atoms with van der Waals surface area (Å²) in [6.07, 6.45) is 10.6. The topological polar surface area (TPSA) is 63.6 Å². The number of carboxylic acids is 1. The van der Waals surface area contributed by atoms with Gasteiger partial charge in [0.1, 0.15) is 0 Å². The molecule has 0 aliphatic carbocycles. The van der Waals surface area contributed by atoms with Crippen LogP contribution in [0.1, 0.15) is 84.5 Å². The second-order valence-corrected chi connectivity index (χ2v) is 5.61. The fraction of sp³-hybridized carbons (Fsp3) is 0.875. The predicted molar refractivity (Wildman–Crippen MR) is 79.7 cm³/mol. The van der Waals surface area contributed by atoms with E-state index in [-0.39, 0.29) is 12.1 Å². The van der Waals surface area contributed by atoms with Gasteiger partial charge in [-0.3, -0.25) is 9.59 Å². The first-order valence-electron chi connectivity index (χ1n) is 7.93. The summed E-state index contributed by atoms with van der Waals surface area (Å²) < 4.78 is 5.07. The third kappa shape index (κ3) is 15.0. The Bertz CT molecular complexity index is 261. The van der Waals surface area contributed by atoms with Crippen LogP contribution in [0, 0.1) is 0 Å². The first-order chi connectivity index (χ1) is 9.52. The molecule has 0 fully saturated rings. The zero-order valence-corrected chi connectivity index (χ0v) is 13.0. The number of carbonyl (C=O) groups is 2. The molecule has 20 heavy (non-hydrogen) atoms. The molecule has 4 heteroatoms. The van der Waals surface area contributed by atoms with Gasteiger partial charge in [-0.2, -0.15) is 0 Å². The lowest BCUT2D eigenvalue weighted by atomic mass is 10.1. The normalized spacial score (nSPS) is 10.8. The van der Waals surface area contributed by atoms with Gasteiger partial charge in [0.15, 0.2) is 0 Å². The van der Waals surface area contributed by atoms with Crippen LogP contribution in [0.15, 0.2) is 0 Å². The number of ether oxygens (including phenoxy) is 1. The van der Waals surface area contributed by atoms with Gasteiger partial charge in [0, 0.05) is 12.8 Å². The number of aliphatic carboxylic acids is 1. The molecule has 0 spiro atoms. The Labute approximate surface area is 122 Å². The number of rotatable bonds is 13. The van der Waals surface area contributed by atoms with Gasteiger partial charge in [0.2, 0.25) is 0 Å². The van der Waals surface area contributed by atoms with E-state index in [4.69, 9.17) is 9.84 Å². The van der Waals surface area contributed by atoms with Crippen molar-refractivity contribution in [2.45, 2.75) is 90.6 Å². The van der Waals surface area contributed by atoms with E-state index in [1.54, 1.807) is 0 Å². The minimum Gasteiger partial charge on any atom is -0.481 e. The molecule has 0 aromatic rings. The van der Waals surface area contributed by atoms with Gasteiger partial charge in [0.05, 0.1) is 6.10 Å². The highest BCUT2D eigenvalue weighted by molar-refractivity contribution is 5.69. The molecule has 0 amide bonds. The maximum atomic E-state index is 11.3. The van der Waals surface area contributed by atoms with Crippen molar-refractivity contribution < 1.29 is 19.4 Å². The second-order valence-electron chi connectivity index (χ2n) is 5.61. The van der Waals surface area contributed by atoms with Gasteiger partial charge in [0.25, 0.3) is 0 Å². The van der Waals surface area contributed by atoms with E-state index in [0.717, 1.165) is 32.1 Å². The molecule has 0 rings (SSSR count). The lowest BCUT2D eigenvalue weighted by Crippen LogP contribution is -2.10. The number of hydrogen-bond acceptors (Lipinski definition) is 3. The molecule has 0 radical (unpaired) electrons. The molecule has 0 saturated carbocycles. The average molecular weight is 286 g/mol. The number of carbonyl (C=O) groups excluding carboxylic acids is 1. The van der Waals surface area contributed by atoms with E-state index < -0.39 is 5.97 Å². The van der Waals surface area contributed by atoms with Gasteiger partial charge in [-0.05, 0) is 26.7 Å². The fourth-order valence-electron chi connectivity index (χ4n) is 2.10. The fourth-order valence-corrected chi connectivity index (χ4v) is 2.10. The Kier molecular flexibility index (Phi) is 12.3. The minimum absolute atomic E-state index is 0.0105. The molecule has 0 aromatic carbocycles. The summed E-state index contributed by atoms with van der Waals surface area (Å²) in [5.74, 6) is -0.778. The summed E-state index contributed by atoms with van der Waals surface area (Å²) in [5.41, 5.74) is 0. The van der Waals surface area contributed by atoms with Crippen molar-refractivity contribution in [3.8, 4) is 0 Å². The molecule has 0 heterocycles. The molecule has 0 aliphatic heterocycles. The van der Waals surface area contributed by atoms with E-state index in [2.05, 4.69) is 0 Å². The van der Waals surface area contributed by atoms with Gasteiger partial charge < -0.3 is 9.84 Å². The van der Waals surface area contributed by atoms with E-state index in [9.17, 15) is 9.59 Å². The smallest absolute Gasteiger partial charge is 0.306 e. The summed E-state index contributed by atoms with van der Waals surface area (Å²) in [6, 6.07) is 0. The van der Waals surface area contributed by atoms with Gasteiger partial charge in [-0.25, -0.2) is 0 Å². The Morgan fingerprint density at radius 2 is 1.20 bits per heavy atom. The maximum Gasteiger partial charge on any atom is 0.306 e. The molecule has 1 N–H and O–H groups in total. The highest BCUT2D eigenvalue weighted by atomic mass is 16.5. The second kappa shape index (κ2) is 12.9. The third-order valence-electron chi connectivity index (χ3n) is 3.14. The van der Waals surface area contributed by atoms with Crippen molar-refractivity contribution in [1.82, 2.24) is 0 Å². The molecule has 0 aromatic heterocycles. The SMILES string of the molecule is CC(C)OC(=O)CCCCCCCCCCCC(=O)O. The largest absolute Gasteiger partial charge is 0.481 e. The molecular weight excluding hydrogens is 256 g/mol. The van der Waals surface area contributed by atoms with E-state index >= 15 is 0 Å². The Morgan fingerprint density at radius 1 is 0.800 bits per heavy atom. The summed E-state index contributed by atoms with van der Waals surface area (Å²) in [6.45, 7) is 3.74. The van der Waals surface area contributed by atoms with Crippen molar-refractivity contribution in [3.63, 3.8) is 0 Å². The van der Waals surface area contributed by atoms with Gasteiger partial charge in [-0.15, -0.1) is 0 Å². The quantitative estimate of drug-likeness (QED) is 0.404. The molecule has 0 unspecified atom stereocenters.